The molecule has 9 rings (SSSR count). The van der Waals surface area contributed by atoms with Crippen molar-refractivity contribution in [3.63, 3.8) is 0 Å². The molecule has 0 bridgehead atoms. The summed E-state index contributed by atoms with van der Waals surface area (Å²) in [4.78, 5) is 30.1. The Morgan fingerprint density at radius 1 is 0.450 bits per heavy atom. The summed E-state index contributed by atoms with van der Waals surface area (Å²) in [6.45, 7) is 10.3. The topological polar surface area (TPSA) is 77.3 Å². The Bertz CT molecular complexity index is 3060. The molecule has 0 spiro atoms. The first-order valence-electron chi connectivity index (χ1n) is 20.1. The van der Waals surface area contributed by atoms with Crippen molar-refractivity contribution in [3.05, 3.63) is 212 Å². The maximum atomic E-state index is 5.07. The molecule has 2 heterocycles. The van der Waals surface area contributed by atoms with Gasteiger partial charge in [0, 0.05) is 38.8 Å². The van der Waals surface area contributed by atoms with Crippen LogP contribution in [0.2, 0.25) is 0 Å². The van der Waals surface area contributed by atoms with Crippen LogP contribution in [0.5, 0.6) is 0 Å². The van der Waals surface area contributed by atoms with Crippen LogP contribution in [0.4, 0.5) is 0 Å². The molecule has 0 radical (unpaired) electrons. The van der Waals surface area contributed by atoms with Gasteiger partial charge in [-0.1, -0.05) is 209 Å². The highest BCUT2D eigenvalue weighted by atomic mass is 15.0. The van der Waals surface area contributed by atoms with E-state index in [-0.39, 0.29) is 5.41 Å². The molecule has 0 atom stereocenters. The molecule has 0 saturated heterocycles. The predicted molar refractivity (Wildman–Crippen MR) is 247 cm³/mol. The van der Waals surface area contributed by atoms with E-state index >= 15 is 0 Å². The fourth-order valence-corrected chi connectivity index (χ4v) is 7.65. The lowest BCUT2D eigenvalue weighted by molar-refractivity contribution is 0.641. The highest BCUT2D eigenvalue weighted by molar-refractivity contribution is 5.96. The number of benzene rings is 7. The minimum atomic E-state index is -0.314. The molecule has 288 valence electrons. The van der Waals surface area contributed by atoms with E-state index in [1.165, 1.54) is 0 Å². The first-order valence-corrected chi connectivity index (χ1v) is 20.1. The molecule has 0 aliphatic rings. The monoisotopic (exact) mass is 774 g/mol. The van der Waals surface area contributed by atoms with Crippen molar-refractivity contribution in [2.45, 2.75) is 26.2 Å². The van der Waals surface area contributed by atoms with Gasteiger partial charge >= 0.3 is 0 Å². The predicted octanol–water partition coefficient (Wildman–Crippen LogP) is 13.2. The van der Waals surface area contributed by atoms with Crippen LogP contribution in [-0.2, 0) is 5.41 Å². The molecule has 0 unspecified atom stereocenters. The van der Waals surface area contributed by atoms with Crippen LogP contribution in [0.15, 0.2) is 195 Å². The van der Waals surface area contributed by atoms with Crippen molar-refractivity contribution >= 4 is 27.1 Å². The molecule has 60 heavy (non-hydrogen) atoms. The number of hydrogen-bond donors (Lipinski definition) is 0. The largest absolute Gasteiger partial charge is 0.208 e. The molecule has 0 saturated carbocycles. The maximum absolute atomic E-state index is 5.07. The molecule has 0 amide bonds. The van der Waals surface area contributed by atoms with E-state index in [0.717, 1.165) is 66.1 Å². The van der Waals surface area contributed by atoms with E-state index in [4.69, 9.17) is 29.9 Å². The molecule has 7 aromatic carbocycles. The fraction of sp³-hybridized carbons (Fsp3) is 0.0741. The summed E-state index contributed by atoms with van der Waals surface area (Å²) in [6, 6.07) is 56.4. The molecule has 0 aliphatic carbocycles. The zero-order chi connectivity index (χ0) is 41.1. The smallest absolute Gasteiger partial charge is 0.164 e. The van der Waals surface area contributed by atoms with Crippen LogP contribution >= 0.6 is 0 Å². The lowest BCUT2D eigenvalue weighted by atomic mass is 9.77. The van der Waals surface area contributed by atoms with Crippen LogP contribution in [0.3, 0.4) is 0 Å². The molecular formula is C54H42N6. The van der Waals surface area contributed by atoms with Gasteiger partial charge in [-0.25, -0.2) is 29.9 Å². The lowest BCUT2D eigenvalue weighted by Crippen LogP contribution is -2.18. The van der Waals surface area contributed by atoms with E-state index in [1.54, 1.807) is 6.08 Å². The second kappa shape index (κ2) is 16.3. The van der Waals surface area contributed by atoms with Crippen LogP contribution in [-0.4, -0.2) is 29.9 Å². The first kappa shape index (κ1) is 37.9. The Morgan fingerprint density at radius 2 is 0.867 bits per heavy atom. The van der Waals surface area contributed by atoms with E-state index in [9.17, 15) is 0 Å². The number of rotatable bonds is 10. The van der Waals surface area contributed by atoms with Gasteiger partial charge in [-0.2, -0.15) is 0 Å². The Kier molecular flexibility index (Phi) is 10.3. The summed E-state index contributed by atoms with van der Waals surface area (Å²) in [5, 5.41) is 4.46. The van der Waals surface area contributed by atoms with E-state index in [2.05, 4.69) is 136 Å². The average Bonchev–Trinajstić information content (AvgIpc) is 3.31. The van der Waals surface area contributed by atoms with Gasteiger partial charge in [0.1, 0.15) is 0 Å². The highest BCUT2D eigenvalue weighted by Crippen LogP contribution is 2.36. The third-order valence-corrected chi connectivity index (χ3v) is 11.1. The summed E-state index contributed by atoms with van der Waals surface area (Å²) in [5.74, 6) is 3.74. The quantitative estimate of drug-likeness (QED) is 0.129. The zero-order valence-electron chi connectivity index (χ0n) is 33.8. The highest BCUT2D eigenvalue weighted by Gasteiger charge is 2.24. The fourth-order valence-electron chi connectivity index (χ4n) is 7.65. The van der Waals surface area contributed by atoms with Gasteiger partial charge < -0.3 is 0 Å². The second-order valence-electron chi connectivity index (χ2n) is 15.2. The van der Waals surface area contributed by atoms with Crippen molar-refractivity contribution in [1.29, 1.82) is 0 Å². The minimum Gasteiger partial charge on any atom is -0.208 e. The first-order chi connectivity index (χ1) is 29.4. The normalized spacial score (nSPS) is 12.0. The van der Waals surface area contributed by atoms with Crippen molar-refractivity contribution in [1.82, 2.24) is 29.9 Å². The number of nitrogens with zero attached hydrogens (tertiary/aromatic N) is 6. The summed E-state index contributed by atoms with van der Waals surface area (Å²) in [7, 11) is 0. The molecule has 0 aliphatic heterocycles. The van der Waals surface area contributed by atoms with Gasteiger partial charge in [0.2, 0.25) is 0 Å². The van der Waals surface area contributed by atoms with Crippen LogP contribution in [0, 0.1) is 0 Å². The third kappa shape index (κ3) is 7.43. The minimum absolute atomic E-state index is 0.314. The summed E-state index contributed by atoms with van der Waals surface area (Å²) in [6.07, 6.45) is 7.64. The van der Waals surface area contributed by atoms with E-state index in [1.807, 2.05) is 73.7 Å². The van der Waals surface area contributed by atoms with Crippen LogP contribution in [0.1, 0.15) is 37.7 Å². The van der Waals surface area contributed by atoms with Gasteiger partial charge in [-0.15, -0.1) is 0 Å². The Balaban J connectivity index is 1.06. The van der Waals surface area contributed by atoms with Crippen molar-refractivity contribution < 1.29 is 0 Å². The van der Waals surface area contributed by atoms with Crippen LogP contribution in [0.25, 0.3) is 84.1 Å². The third-order valence-electron chi connectivity index (χ3n) is 11.1. The van der Waals surface area contributed by atoms with Gasteiger partial charge in [0.25, 0.3) is 0 Å². The zero-order valence-corrected chi connectivity index (χ0v) is 33.8. The molecule has 9 aromatic rings. The number of aromatic nitrogens is 6. The number of hydrogen-bond acceptors (Lipinski definition) is 6. The molecule has 2 aromatic heterocycles. The van der Waals surface area contributed by atoms with E-state index in [0.29, 0.717) is 34.9 Å². The molecule has 6 heteroatoms. The summed E-state index contributed by atoms with van der Waals surface area (Å²) < 4.78 is 0. The SMILES string of the molecule is C=C/C=C\C(=C/C)c1nc(-c2ccc(C(C)(C)c3ccc(-c4nc(-c5ccccc5)nc(-c5cccc6ccccc56)n4)cc3)cc2)nc(-c2cccc3ccccc23)n1. The van der Waals surface area contributed by atoms with Crippen molar-refractivity contribution in [2.24, 2.45) is 0 Å². The molecular weight excluding hydrogens is 733 g/mol. The summed E-state index contributed by atoms with van der Waals surface area (Å²) >= 11 is 0. The Morgan fingerprint density at radius 3 is 1.38 bits per heavy atom. The van der Waals surface area contributed by atoms with Crippen molar-refractivity contribution in [2.75, 3.05) is 0 Å². The van der Waals surface area contributed by atoms with E-state index < -0.39 is 0 Å². The maximum Gasteiger partial charge on any atom is 0.164 e. The Labute approximate surface area is 350 Å². The molecule has 0 N–H and O–H groups in total. The average molecular weight is 775 g/mol. The molecule has 0 fully saturated rings. The van der Waals surface area contributed by atoms with Gasteiger partial charge in [0.15, 0.2) is 34.9 Å². The summed E-state index contributed by atoms with van der Waals surface area (Å²) in [5.41, 5.74) is 7.60. The Hall–Kier alpha value is -7.70. The second-order valence-corrected chi connectivity index (χ2v) is 15.2. The van der Waals surface area contributed by atoms with Gasteiger partial charge in [-0.05, 0) is 39.6 Å². The number of allylic oxidation sites excluding steroid dienone is 5. The molecule has 6 nitrogen and oxygen atoms in total. The van der Waals surface area contributed by atoms with Gasteiger partial charge in [0.05, 0.1) is 0 Å². The van der Waals surface area contributed by atoms with Gasteiger partial charge in [-0.3, -0.25) is 0 Å². The lowest BCUT2D eigenvalue weighted by Gasteiger charge is -2.26. The van der Waals surface area contributed by atoms with Crippen molar-refractivity contribution in [3.8, 4) is 56.9 Å². The number of fused-ring (bicyclic) bond motifs is 2. The standard InChI is InChI=1S/C54H42N6/c1-5-7-17-36(6-2)48-55-50(59-52(57-48)46-26-15-22-37-18-11-13-24-44(37)46)40-28-32-42(33-29-40)54(3,4)43-34-30-41(31-35-43)51-56-49(39-20-9-8-10-21-39)58-53(60-51)47-27-16-23-38-19-12-14-25-45(38)47/h5-35H,1H2,2-4H3/b17-7-,36-6+. The van der Waals surface area contributed by atoms with Crippen LogP contribution < -0.4 is 0 Å².